The Morgan fingerprint density at radius 1 is 1.24 bits per heavy atom. The van der Waals surface area contributed by atoms with Crippen LogP contribution in [0.15, 0.2) is 24.3 Å². The van der Waals surface area contributed by atoms with Crippen molar-refractivity contribution in [2.24, 2.45) is 5.92 Å². The maximum Gasteiger partial charge on any atom is 0.321 e. The zero-order chi connectivity index (χ0) is 18.0. The lowest BCUT2D eigenvalue weighted by Crippen LogP contribution is -2.56. The molecule has 3 amide bonds. The molecular weight excluding hydrogens is 316 g/mol. The number of fused-ring (bicyclic) bond motifs is 1. The van der Waals surface area contributed by atoms with Crippen LogP contribution in [0, 0.1) is 5.92 Å². The second-order valence-corrected chi connectivity index (χ2v) is 7.18. The summed E-state index contributed by atoms with van der Waals surface area (Å²) < 4.78 is 0. The Labute approximate surface area is 149 Å². The summed E-state index contributed by atoms with van der Waals surface area (Å²) in [7, 11) is 2.07. The lowest BCUT2D eigenvalue weighted by Gasteiger charge is -2.39. The molecule has 1 aromatic rings. The molecule has 25 heavy (non-hydrogen) atoms. The highest BCUT2D eigenvalue weighted by molar-refractivity contribution is 5.98. The van der Waals surface area contributed by atoms with Crippen molar-refractivity contribution in [3.63, 3.8) is 0 Å². The number of benzene rings is 1. The van der Waals surface area contributed by atoms with Crippen LogP contribution in [-0.4, -0.2) is 65.9 Å². The number of para-hydroxylation sites is 1. The first kappa shape index (κ1) is 17.7. The van der Waals surface area contributed by atoms with Gasteiger partial charge in [0.15, 0.2) is 0 Å². The van der Waals surface area contributed by atoms with E-state index in [2.05, 4.69) is 24.2 Å². The average Bonchev–Trinajstić information content (AvgIpc) is 2.76. The van der Waals surface area contributed by atoms with Gasteiger partial charge >= 0.3 is 6.03 Å². The molecule has 136 valence electrons. The monoisotopic (exact) mass is 344 g/mol. The molecule has 2 atom stereocenters. The van der Waals surface area contributed by atoms with Crippen LogP contribution in [0.5, 0.6) is 0 Å². The Morgan fingerprint density at radius 2 is 1.92 bits per heavy atom. The molecule has 2 aliphatic rings. The smallest absolute Gasteiger partial charge is 0.321 e. The number of nitrogens with zero attached hydrogens (tertiary/aromatic N) is 3. The highest BCUT2D eigenvalue weighted by atomic mass is 16.2. The average molecular weight is 344 g/mol. The Morgan fingerprint density at radius 3 is 2.60 bits per heavy atom. The highest BCUT2D eigenvalue weighted by Crippen LogP contribution is 2.28. The number of carbonyl (C=O) groups is 2. The first-order valence-corrected chi connectivity index (χ1v) is 9.14. The number of carbonyl (C=O) groups excluding carboxylic acids is 2. The fourth-order valence-corrected chi connectivity index (χ4v) is 3.57. The largest absolute Gasteiger partial charge is 0.324 e. The molecule has 0 spiro atoms. The van der Waals surface area contributed by atoms with Gasteiger partial charge in [-0.05, 0) is 24.6 Å². The summed E-state index contributed by atoms with van der Waals surface area (Å²) in [6.45, 7) is 7.74. The number of anilines is 1. The summed E-state index contributed by atoms with van der Waals surface area (Å²) in [5, 5.41) is 3.02. The van der Waals surface area contributed by atoms with Gasteiger partial charge in [-0.3, -0.25) is 4.79 Å². The van der Waals surface area contributed by atoms with Gasteiger partial charge in [-0.25, -0.2) is 4.79 Å². The van der Waals surface area contributed by atoms with Crippen molar-refractivity contribution in [2.75, 3.05) is 38.5 Å². The van der Waals surface area contributed by atoms with Crippen LogP contribution in [0.4, 0.5) is 10.5 Å². The van der Waals surface area contributed by atoms with Crippen molar-refractivity contribution in [3.05, 3.63) is 29.8 Å². The zero-order valence-corrected chi connectivity index (χ0v) is 15.4. The number of likely N-dealkylation sites (N-methyl/N-ethyl adjacent to an activating group) is 1. The second-order valence-electron chi connectivity index (χ2n) is 7.18. The molecule has 1 fully saturated rings. The molecular formula is C19H28N4O2. The maximum atomic E-state index is 13.3. The standard InChI is InChI=1S/C19H28N4O2/c1-4-14(2)17-18(24)20-16-8-6-5-7-15(16)13-23(17)19(25)22-11-9-21(3)10-12-22/h5-8,14,17H,4,9-13H2,1-3H3,(H,20,24)/t14-,17-/m0/s1. The minimum Gasteiger partial charge on any atom is -0.324 e. The molecule has 6 heteroatoms. The van der Waals surface area contributed by atoms with E-state index >= 15 is 0 Å². The molecule has 0 saturated carbocycles. The minimum atomic E-state index is -0.440. The molecule has 0 radical (unpaired) electrons. The van der Waals surface area contributed by atoms with Gasteiger partial charge in [-0.15, -0.1) is 0 Å². The fourth-order valence-electron chi connectivity index (χ4n) is 3.57. The first-order chi connectivity index (χ1) is 12.0. The lowest BCUT2D eigenvalue weighted by molar-refractivity contribution is -0.122. The van der Waals surface area contributed by atoms with Crippen LogP contribution in [-0.2, 0) is 11.3 Å². The third-order valence-electron chi connectivity index (χ3n) is 5.42. The van der Waals surface area contributed by atoms with E-state index in [1.807, 2.05) is 36.1 Å². The van der Waals surface area contributed by atoms with Gasteiger partial charge in [0.1, 0.15) is 6.04 Å². The van der Waals surface area contributed by atoms with Crippen LogP contribution in [0.25, 0.3) is 0 Å². The van der Waals surface area contributed by atoms with Crippen LogP contribution in [0.3, 0.4) is 0 Å². The molecule has 1 saturated heterocycles. The molecule has 6 nitrogen and oxygen atoms in total. The summed E-state index contributed by atoms with van der Waals surface area (Å²) in [5.74, 6) is 0.0208. The van der Waals surface area contributed by atoms with Crippen molar-refractivity contribution in [3.8, 4) is 0 Å². The van der Waals surface area contributed by atoms with Gasteiger partial charge in [-0.1, -0.05) is 38.5 Å². The Bertz CT molecular complexity index is 640. The van der Waals surface area contributed by atoms with E-state index in [4.69, 9.17) is 0 Å². The van der Waals surface area contributed by atoms with Crippen LogP contribution < -0.4 is 5.32 Å². The van der Waals surface area contributed by atoms with E-state index in [1.54, 1.807) is 4.90 Å². The lowest BCUT2D eigenvalue weighted by atomic mass is 9.97. The normalized spacial score (nSPS) is 22.8. The van der Waals surface area contributed by atoms with Gasteiger partial charge in [0.2, 0.25) is 5.91 Å². The summed E-state index contributed by atoms with van der Waals surface area (Å²) >= 11 is 0. The second kappa shape index (κ2) is 7.44. The summed E-state index contributed by atoms with van der Waals surface area (Å²) in [6, 6.07) is 7.29. The van der Waals surface area contributed by atoms with Crippen LogP contribution in [0.2, 0.25) is 0 Å². The predicted octanol–water partition coefficient (Wildman–Crippen LogP) is 2.22. The number of hydrogen-bond acceptors (Lipinski definition) is 3. The first-order valence-electron chi connectivity index (χ1n) is 9.14. The van der Waals surface area contributed by atoms with E-state index in [9.17, 15) is 9.59 Å². The van der Waals surface area contributed by atoms with Crippen molar-refractivity contribution in [1.82, 2.24) is 14.7 Å². The van der Waals surface area contributed by atoms with Crippen molar-refractivity contribution < 1.29 is 9.59 Å². The van der Waals surface area contributed by atoms with E-state index in [1.165, 1.54) is 0 Å². The Balaban J connectivity index is 1.91. The molecule has 0 bridgehead atoms. The molecule has 1 aromatic carbocycles. The van der Waals surface area contributed by atoms with Crippen LogP contribution >= 0.6 is 0 Å². The van der Waals surface area contributed by atoms with Crippen molar-refractivity contribution in [2.45, 2.75) is 32.9 Å². The maximum absolute atomic E-state index is 13.3. The quantitative estimate of drug-likeness (QED) is 0.895. The number of piperazine rings is 1. The predicted molar refractivity (Wildman–Crippen MR) is 98.3 cm³/mol. The molecule has 1 N–H and O–H groups in total. The molecule has 2 aliphatic heterocycles. The molecule has 0 unspecified atom stereocenters. The van der Waals surface area contributed by atoms with Crippen LogP contribution in [0.1, 0.15) is 25.8 Å². The SMILES string of the molecule is CC[C@H](C)[C@H]1C(=O)Nc2ccccc2CN1C(=O)N1CCN(C)CC1. The third kappa shape index (κ3) is 3.63. The molecule has 0 aliphatic carbocycles. The number of rotatable bonds is 2. The summed E-state index contributed by atoms with van der Waals surface area (Å²) in [5.41, 5.74) is 1.80. The topological polar surface area (TPSA) is 55.9 Å². The van der Waals surface area contributed by atoms with Crippen molar-refractivity contribution in [1.29, 1.82) is 0 Å². The number of urea groups is 1. The minimum absolute atomic E-state index is 0.0229. The van der Waals surface area contributed by atoms with Gasteiger partial charge in [0, 0.05) is 31.9 Å². The van der Waals surface area contributed by atoms with E-state index < -0.39 is 6.04 Å². The highest BCUT2D eigenvalue weighted by Gasteiger charge is 2.38. The van der Waals surface area contributed by atoms with E-state index in [0.29, 0.717) is 19.6 Å². The third-order valence-corrected chi connectivity index (χ3v) is 5.42. The molecule has 2 heterocycles. The Hall–Kier alpha value is -2.08. The Kier molecular flexibility index (Phi) is 5.27. The number of amides is 3. The number of hydrogen-bond donors (Lipinski definition) is 1. The van der Waals surface area contributed by atoms with Gasteiger partial charge < -0.3 is 20.0 Å². The van der Waals surface area contributed by atoms with E-state index in [0.717, 1.165) is 30.8 Å². The van der Waals surface area contributed by atoms with Gasteiger partial charge in [-0.2, -0.15) is 0 Å². The van der Waals surface area contributed by atoms with Gasteiger partial charge in [0.05, 0.1) is 6.54 Å². The molecule has 0 aromatic heterocycles. The zero-order valence-electron chi connectivity index (χ0n) is 15.4. The summed E-state index contributed by atoms with van der Waals surface area (Å²) in [4.78, 5) is 32.0. The fraction of sp³-hybridized carbons (Fsp3) is 0.579. The van der Waals surface area contributed by atoms with Crippen molar-refractivity contribution >= 4 is 17.6 Å². The van der Waals surface area contributed by atoms with Gasteiger partial charge in [0.25, 0.3) is 0 Å². The molecule has 3 rings (SSSR count). The van der Waals surface area contributed by atoms with E-state index in [-0.39, 0.29) is 17.9 Å². The number of nitrogens with one attached hydrogen (secondary N) is 1. The summed E-state index contributed by atoms with van der Waals surface area (Å²) in [6.07, 6.45) is 0.848.